The lowest BCUT2D eigenvalue weighted by Crippen LogP contribution is -2.32. The van der Waals surface area contributed by atoms with Crippen molar-refractivity contribution in [3.05, 3.63) is 35.4 Å². The Bertz CT molecular complexity index is 475. The fraction of sp³-hybridized carbons (Fsp3) is 0.385. The normalized spacial score (nSPS) is 19.6. The van der Waals surface area contributed by atoms with Crippen LogP contribution in [0.3, 0.4) is 0 Å². The summed E-state index contributed by atoms with van der Waals surface area (Å²) in [5.41, 5.74) is 7.32. The summed E-state index contributed by atoms with van der Waals surface area (Å²) in [5, 5.41) is 8.66. The van der Waals surface area contributed by atoms with Crippen LogP contribution in [0, 0.1) is 5.92 Å². The molecule has 0 heterocycles. The summed E-state index contributed by atoms with van der Waals surface area (Å²) in [7, 11) is 0. The number of aliphatic carboxylic acids is 1. The Morgan fingerprint density at radius 3 is 2.89 bits per heavy atom. The van der Waals surface area contributed by atoms with Crippen molar-refractivity contribution in [2.24, 2.45) is 11.7 Å². The van der Waals surface area contributed by atoms with Gasteiger partial charge < -0.3 is 10.8 Å². The third-order valence-corrected chi connectivity index (χ3v) is 4.29. The van der Waals surface area contributed by atoms with Crippen molar-refractivity contribution in [1.82, 2.24) is 0 Å². The Morgan fingerprint density at radius 2 is 2.22 bits per heavy atom. The maximum atomic E-state index is 12.0. The number of carbonyl (C=O) groups excluding carboxylic acids is 1. The van der Waals surface area contributed by atoms with Gasteiger partial charge in [0.05, 0.1) is 0 Å². The number of benzene rings is 1. The van der Waals surface area contributed by atoms with E-state index in [-0.39, 0.29) is 11.7 Å². The fourth-order valence-electron chi connectivity index (χ4n) is 2.06. The van der Waals surface area contributed by atoms with Crippen LogP contribution in [-0.4, -0.2) is 34.4 Å². The average molecular weight is 265 g/mol. The molecular formula is C13H15NO3S. The monoisotopic (exact) mass is 265 g/mol. The van der Waals surface area contributed by atoms with Crippen LogP contribution in [0.25, 0.3) is 0 Å². The minimum Gasteiger partial charge on any atom is -0.480 e. The number of Topliss-reactive ketones (excluding diaryl/α,β-unsaturated/α-hetero) is 1. The van der Waals surface area contributed by atoms with Gasteiger partial charge in [-0.25, -0.2) is 0 Å². The number of ketones is 1. The number of hydrogen-bond acceptors (Lipinski definition) is 4. The molecule has 1 aliphatic rings. The van der Waals surface area contributed by atoms with Crippen LogP contribution in [0.1, 0.15) is 15.9 Å². The second-order valence-corrected chi connectivity index (χ2v) is 5.48. The summed E-state index contributed by atoms with van der Waals surface area (Å²) in [5.74, 6) is 0.114. The fourth-order valence-corrected chi connectivity index (χ4v) is 3.15. The highest BCUT2D eigenvalue weighted by atomic mass is 32.2. The van der Waals surface area contributed by atoms with Gasteiger partial charge in [-0.3, -0.25) is 9.59 Å². The predicted octanol–water partition coefficient (Wildman–Crippen LogP) is 1.19. The molecule has 5 heteroatoms. The lowest BCUT2D eigenvalue weighted by Gasteiger charge is -2.09. The van der Waals surface area contributed by atoms with Crippen molar-refractivity contribution < 1.29 is 14.7 Å². The first-order valence-corrected chi connectivity index (χ1v) is 6.93. The van der Waals surface area contributed by atoms with Gasteiger partial charge >= 0.3 is 5.97 Å². The zero-order valence-corrected chi connectivity index (χ0v) is 10.7. The second-order valence-electron chi connectivity index (χ2n) is 4.40. The van der Waals surface area contributed by atoms with E-state index in [2.05, 4.69) is 0 Å². The molecule has 3 N–H and O–H groups in total. The first kappa shape index (κ1) is 13.1. The third kappa shape index (κ3) is 2.73. The van der Waals surface area contributed by atoms with E-state index in [0.717, 1.165) is 17.5 Å². The van der Waals surface area contributed by atoms with Crippen molar-refractivity contribution in [3.8, 4) is 0 Å². The first-order valence-electron chi connectivity index (χ1n) is 5.78. The zero-order valence-electron chi connectivity index (χ0n) is 9.83. The van der Waals surface area contributed by atoms with Crippen LogP contribution >= 0.6 is 11.8 Å². The van der Waals surface area contributed by atoms with Crippen LogP contribution < -0.4 is 5.73 Å². The van der Waals surface area contributed by atoms with Crippen LogP contribution in [0.5, 0.6) is 0 Å². The van der Waals surface area contributed by atoms with Crippen molar-refractivity contribution in [2.45, 2.75) is 12.5 Å². The largest absolute Gasteiger partial charge is 0.480 e. The zero-order chi connectivity index (χ0) is 13.1. The van der Waals surface area contributed by atoms with Gasteiger partial charge in [-0.1, -0.05) is 24.3 Å². The summed E-state index contributed by atoms with van der Waals surface area (Å²) in [6.07, 6.45) is 0.754. The molecule has 0 aliphatic heterocycles. The quantitative estimate of drug-likeness (QED) is 0.835. The molecule has 4 nitrogen and oxygen atoms in total. The second kappa shape index (κ2) is 5.54. The molecule has 0 spiro atoms. The summed E-state index contributed by atoms with van der Waals surface area (Å²) in [4.78, 5) is 22.6. The van der Waals surface area contributed by atoms with Gasteiger partial charge in [-0.2, -0.15) is 11.8 Å². The number of carboxylic acids is 1. The molecule has 1 aliphatic carbocycles. The highest BCUT2D eigenvalue weighted by molar-refractivity contribution is 7.99. The van der Waals surface area contributed by atoms with Crippen LogP contribution in [0.15, 0.2) is 24.3 Å². The molecule has 1 aromatic carbocycles. The molecule has 0 amide bonds. The highest BCUT2D eigenvalue weighted by Gasteiger charge is 2.29. The summed E-state index contributed by atoms with van der Waals surface area (Å²) in [6, 6.07) is 6.77. The van der Waals surface area contributed by atoms with E-state index in [9.17, 15) is 9.59 Å². The molecule has 2 rings (SSSR count). The Hall–Kier alpha value is -1.33. The van der Waals surface area contributed by atoms with Gasteiger partial charge in [0.2, 0.25) is 0 Å². The van der Waals surface area contributed by atoms with E-state index in [1.165, 1.54) is 11.8 Å². The summed E-state index contributed by atoms with van der Waals surface area (Å²) < 4.78 is 0. The first-order chi connectivity index (χ1) is 8.59. The lowest BCUT2D eigenvalue weighted by molar-refractivity contribution is -0.137. The smallest absolute Gasteiger partial charge is 0.321 e. The van der Waals surface area contributed by atoms with Gasteiger partial charge in [-0.05, 0) is 12.0 Å². The lowest BCUT2D eigenvalue weighted by atomic mass is 10.1. The molecule has 0 aromatic heterocycles. The highest BCUT2D eigenvalue weighted by Crippen LogP contribution is 2.28. The Kier molecular flexibility index (Phi) is 4.04. The van der Waals surface area contributed by atoms with Crippen LogP contribution in [-0.2, 0) is 11.2 Å². The van der Waals surface area contributed by atoms with Crippen molar-refractivity contribution >= 4 is 23.5 Å². The number of carbonyl (C=O) groups is 2. The Morgan fingerprint density at radius 1 is 1.50 bits per heavy atom. The van der Waals surface area contributed by atoms with E-state index in [4.69, 9.17) is 10.8 Å². The Balaban J connectivity index is 1.87. The molecule has 0 fully saturated rings. The van der Waals surface area contributed by atoms with E-state index < -0.39 is 12.0 Å². The van der Waals surface area contributed by atoms with E-state index >= 15 is 0 Å². The number of nitrogens with two attached hydrogens (primary N) is 1. The van der Waals surface area contributed by atoms with Gasteiger partial charge in [0, 0.05) is 23.0 Å². The van der Waals surface area contributed by atoms with Crippen molar-refractivity contribution in [1.29, 1.82) is 0 Å². The molecule has 2 atom stereocenters. The third-order valence-electron chi connectivity index (χ3n) is 3.05. The van der Waals surface area contributed by atoms with Crippen LogP contribution in [0.4, 0.5) is 0 Å². The minimum atomic E-state index is -0.997. The van der Waals surface area contributed by atoms with Crippen molar-refractivity contribution in [3.63, 3.8) is 0 Å². The molecule has 1 aromatic rings. The van der Waals surface area contributed by atoms with E-state index in [0.29, 0.717) is 11.5 Å². The van der Waals surface area contributed by atoms with Crippen molar-refractivity contribution in [2.75, 3.05) is 11.5 Å². The van der Waals surface area contributed by atoms with Gasteiger partial charge in [0.25, 0.3) is 0 Å². The summed E-state index contributed by atoms with van der Waals surface area (Å²) in [6.45, 7) is 0. The van der Waals surface area contributed by atoms with E-state index in [1.807, 2.05) is 24.3 Å². The van der Waals surface area contributed by atoms with Gasteiger partial charge in [-0.15, -0.1) is 0 Å². The molecule has 96 valence electrons. The molecule has 0 saturated carbocycles. The molecule has 2 unspecified atom stereocenters. The Labute approximate surface area is 110 Å². The number of carboxylic acid groups (broad SMARTS) is 1. The number of fused-ring (bicyclic) bond motifs is 1. The maximum Gasteiger partial charge on any atom is 0.321 e. The van der Waals surface area contributed by atoms with Crippen LogP contribution in [0.2, 0.25) is 0 Å². The maximum absolute atomic E-state index is 12.0. The molecule has 18 heavy (non-hydrogen) atoms. The van der Waals surface area contributed by atoms with Gasteiger partial charge in [0.1, 0.15) is 6.04 Å². The minimum absolute atomic E-state index is 0.0339. The molecular weight excluding hydrogens is 250 g/mol. The predicted molar refractivity (Wildman–Crippen MR) is 70.9 cm³/mol. The topological polar surface area (TPSA) is 80.4 Å². The number of rotatable bonds is 5. The molecule has 0 saturated heterocycles. The summed E-state index contributed by atoms with van der Waals surface area (Å²) >= 11 is 1.43. The SMILES string of the molecule is NC(CSCC1Cc2ccccc2C1=O)C(=O)O. The molecule has 0 bridgehead atoms. The van der Waals surface area contributed by atoms with Gasteiger partial charge in [0.15, 0.2) is 5.78 Å². The number of hydrogen-bond donors (Lipinski definition) is 2. The molecule has 0 radical (unpaired) electrons. The standard InChI is InChI=1S/C13H15NO3S/c14-11(13(16)17)7-18-6-9-5-8-3-1-2-4-10(8)12(9)15/h1-4,9,11H,5-7,14H2,(H,16,17). The number of thioether (sulfide) groups is 1. The average Bonchev–Trinajstić information content (AvgIpc) is 2.67. The van der Waals surface area contributed by atoms with E-state index in [1.54, 1.807) is 0 Å².